The van der Waals surface area contributed by atoms with Gasteiger partial charge in [0.25, 0.3) is 10.1 Å². The molecule has 0 radical (unpaired) electrons. The Morgan fingerprint density at radius 3 is 0.828 bits per heavy atom. The maximum absolute atomic E-state index is 13.6. The first-order chi connectivity index (χ1) is 12.0. The molecular weight excluding hydrogens is 499 g/mol. The summed E-state index contributed by atoms with van der Waals surface area (Å²) in [5, 5.41) is 0. The van der Waals surface area contributed by atoms with Gasteiger partial charge in [-0.05, 0) is 0 Å². The normalized spacial score (nSPS) is 16.9. The molecule has 0 aliphatic heterocycles. The molecule has 0 aliphatic carbocycles. The maximum atomic E-state index is 13.6. The van der Waals surface area contributed by atoms with Crippen LogP contribution in [0.5, 0.6) is 0 Å². The van der Waals surface area contributed by atoms with Gasteiger partial charge in [0.1, 0.15) is 0 Å². The van der Waals surface area contributed by atoms with E-state index in [1.54, 1.807) is 0 Å². The average Bonchev–Trinajstić information content (AvgIpc) is 2.28. The van der Waals surface area contributed by atoms with Crippen molar-refractivity contribution in [1.82, 2.24) is 0 Å². The first-order valence-corrected chi connectivity index (χ1v) is 7.12. The van der Waals surface area contributed by atoms with E-state index < -0.39 is 57.1 Å². The standard InChI is InChI=1S/C8HF17O3S/c9-1(5(14,15)16,6(17,18)19)3(10,11)4(12,13)2(7(20,21)22,8(23,24)25)29(26,27)28/h(H,26,27,28). The third-order valence-corrected chi connectivity index (χ3v) is 4.73. The topological polar surface area (TPSA) is 54.4 Å². The molecule has 3 nitrogen and oxygen atoms in total. The maximum Gasteiger partial charge on any atom is 0.438 e. The van der Waals surface area contributed by atoms with E-state index in [2.05, 4.69) is 0 Å². The van der Waals surface area contributed by atoms with Crippen molar-refractivity contribution >= 4 is 10.1 Å². The molecule has 176 valence electrons. The number of halogens is 17. The van der Waals surface area contributed by atoms with Crippen LogP contribution in [0, 0.1) is 0 Å². The van der Waals surface area contributed by atoms with Crippen LogP contribution in [0.2, 0.25) is 0 Å². The van der Waals surface area contributed by atoms with Gasteiger partial charge in [-0.25, -0.2) is 4.39 Å². The first-order valence-electron chi connectivity index (χ1n) is 5.68. The summed E-state index contributed by atoms with van der Waals surface area (Å²) < 4.78 is 237. The molecule has 0 saturated carbocycles. The van der Waals surface area contributed by atoms with Crippen LogP contribution in [0.3, 0.4) is 0 Å². The lowest BCUT2D eigenvalue weighted by Crippen LogP contribution is -2.81. The van der Waals surface area contributed by atoms with Crippen LogP contribution >= 0.6 is 0 Å². The Balaban J connectivity index is 7.82. The summed E-state index contributed by atoms with van der Waals surface area (Å²) in [6.07, 6.45) is -33.6. The second-order valence-corrected chi connectivity index (χ2v) is 6.52. The van der Waals surface area contributed by atoms with Gasteiger partial charge in [0, 0.05) is 0 Å². The van der Waals surface area contributed by atoms with Crippen LogP contribution in [0.25, 0.3) is 0 Å². The molecule has 0 bridgehead atoms. The minimum atomic E-state index is -9.18. The van der Waals surface area contributed by atoms with Gasteiger partial charge in [-0.3, -0.25) is 4.55 Å². The highest BCUT2D eigenvalue weighted by molar-refractivity contribution is 7.87. The van der Waals surface area contributed by atoms with E-state index in [9.17, 15) is 83.1 Å². The van der Waals surface area contributed by atoms with E-state index >= 15 is 0 Å². The molecule has 0 aromatic heterocycles. The Morgan fingerprint density at radius 2 is 0.690 bits per heavy atom. The van der Waals surface area contributed by atoms with Gasteiger partial charge in [-0.2, -0.15) is 78.7 Å². The van der Waals surface area contributed by atoms with Gasteiger partial charge < -0.3 is 0 Å². The van der Waals surface area contributed by atoms with Crippen LogP contribution in [-0.2, 0) is 10.1 Å². The van der Waals surface area contributed by atoms with Crippen LogP contribution in [0.4, 0.5) is 74.6 Å². The Labute approximate surface area is 146 Å². The largest absolute Gasteiger partial charge is 0.438 e. The van der Waals surface area contributed by atoms with E-state index in [0.29, 0.717) is 0 Å². The molecule has 0 saturated heterocycles. The van der Waals surface area contributed by atoms with E-state index in [-0.39, 0.29) is 0 Å². The van der Waals surface area contributed by atoms with Gasteiger partial charge in [0.05, 0.1) is 0 Å². The summed E-state index contributed by atoms with van der Waals surface area (Å²) in [7, 11) is -8.82. The fourth-order valence-electron chi connectivity index (χ4n) is 1.93. The summed E-state index contributed by atoms with van der Waals surface area (Å²) >= 11 is 0. The summed E-state index contributed by atoms with van der Waals surface area (Å²) in [5.41, 5.74) is -8.84. The molecule has 0 aromatic rings. The highest BCUT2D eigenvalue weighted by Crippen LogP contribution is 2.67. The lowest BCUT2D eigenvalue weighted by Gasteiger charge is -2.46. The predicted octanol–water partition coefficient (Wildman–Crippen LogP) is 4.84. The van der Waals surface area contributed by atoms with Crippen LogP contribution in [-0.4, -0.2) is 59.9 Å². The monoisotopic (exact) mass is 500 g/mol. The lowest BCUT2D eigenvalue weighted by atomic mass is 9.83. The fraction of sp³-hybridized carbons (Fsp3) is 1.00. The molecule has 0 heterocycles. The van der Waals surface area contributed by atoms with Crippen molar-refractivity contribution in [3.05, 3.63) is 0 Å². The van der Waals surface area contributed by atoms with Crippen molar-refractivity contribution in [2.45, 2.75) is 47.0 Å². The average molecular weight is 500 g/mol. The second-order valence-electron chi connectivity index (χ2n) is 4.95. The van der Waals surface area contributed by atoms with Crippen molar-refractivity contribution in [3.8, 4) is 0 Å². The molecule has 0 atom stereocenters. The van der Waals surface area contributed by atoms with Crippen molar-refractivity contribution in [1.29, 1.82) is 0 Å². The Kier molecular flexibility index (Phi) is 6.08. The molecule has 0 spiro atoms. The van der Waals surface area contributed by atoms with Crippen LogP contribution < -0.4 is 0 Å². The molecule has 21 heteroatoms. The molecule has 1 N–H and O–H groups in total. The number of rotatable bonds is 4. The van der Waals surface area contributed by atoms with Gasteiger partial charge in [-0.1, -0.05) is 0 Å². The molecule has 0 rings (SSSR count). The fourth-order valence-corrected chi connectivity index (χ4v) is 2.96. The van der Waals surface area contributed by atoms with Crippen LogP contribution in [0.1, 0.15) is 0 Å². The summed E-state index contributed by atoms with van der Waals surface area (Å²) in [5.74, 6) is -18.3. The minimum absolute atomic E-state index is 8.00. The Morgan fingerprint density at radius 1 is 0.448 bits per heavy atom. The van der Waals surface area contributed by atoms with Gasteiger partial charge in [-0.15, -0.1) is 0 Å². The van der Waals surface area contributed by atoms with Crippen LogP contribution in [0.15, 0.2) is 0 Å². The SMILES string of the molecule is O=S(=O)(O)C(C(F)(F)F)(C(F)(F)F)C(F)(F)C(F)(F)C(F)(C(F)(F)F)C(F)(F)F. The first kappa shape index (κ1) is 27.7. The molecule has 29 heavy (non-hydrogen) atoms. The van der Waals surface area contributed by atoms with Crippen molar-refractivity contribution in [2.24, 2.45) is 0 Å². The van der Waals surface area contributed by atoms with Crippen molar-refractivity contribution in [2.75, 3.05) is 0 Å². The molecule has 0 aliphatic rings. The van der Waals surface area contributed by atoms with Crippen molar-refractivity contribution < 1.29 is 87.6 Å². The van der Waals surface area contributed by atoms with E-state index in [1.165, 1.54) is 0 Å². The molecule has 0 amide bonds. The lowest BCUT2D eigenvalue weighted by molar-refractivity contribution is -0.448. The molecule has 0 fully saturated rings. The van der Waals surface area contributed by atoms with Gasteiger partial charge in [0.15, 0.2) is 0 Å². The summed E-state index contributed by atoms with van der Waals surface area (Å²) in [6.45, 7) is 0. The third-order valence-electron chi connectivity index (χ3n) is 3.24. The smallest absolute Gasteiger partial charge is 0.284 e. The number of hydrogen-bond donors (Lipinski definition) is 1. The number of alkyl halides is 17. The van der Waals surface area contributed by atoms with Gasteiger partial charge in [0.2, 0.25) is 0 Å². The predicted molar refractivity (Wildman–Crippen MR) is 52.2 cm³/mol. The van der Waals surface area contributed by atoms with Crippen molar-refractivity contribution in [3.63, 3.8) is 0 Å². The van der Waals surface area contributed by atoms with E-state index in [0.717, 1.165) is 0 Å². The zero-order chi connectivity index (χ0) is 24.5. The van der Waals surface area contributed by atoms with E-state index in [1.807, 2.05) is 0 Å². The molecule has 0 unspecified atom stereocenters. The minimum Gasteiger partial charge on any atom is -0.284 e. The zero-order valence-electron chi connectivity index (χ0n) is 12.1. The summed E-state index contributed by atoms with van der Waals surface area (Å²) in [6, 6.07) is 0. The summed E-state index contributed by atoms with van der Waals surface area (Å²) in [4.78, 5) is 0. The third kappa shape index (κ3) is 3.26. The zero-order valence-corrected chi connectivity index (χ0v) is 12.9. The Bertz CT molecular complexity index is 692. The quantitative estimate of drug-likeness (QED) is 0.444. The number of hydrogen-bond acceptors (Lipinski definition) is 2. The molecular formula is C8HF17O3S. The highest BCUT2D eigenvalue weighted by atomic mass is 32.2. The van der Waals surface area contributed by atoms with E-state index in [4.69, 9.17) is 4.55 Å². The Hall–Kier alpha value is -1.28. The van der Waals surface area contributed by atoms with Gasteiger partial charge >= 0.3 is 47.0 Å². The molecule has 0 aromatic carbocycles. The highest BCUT2D eigenvalue weighted by Gasteiger charge is 3.01. The second kappa shape index (κ2) is 6.36.